The molecule has 0 aliphatic heterocycles. The van der Waals surface area contributed by atoms with E-state index in [4.69, 9.17) is 10.2 Å². The molecule has 0 bridgehead atoms. The van der Waals surface area contributed by atoms with Gasteiger partial charge in [-0.2, -0.15) is 0 Å². The molecule has 0 aromatic carbocycles. The van der Waals surface area contributed by atoms with Crippen LogP contribution in [0.15, 0.2) is 27.2 Å². The first-order chi connectivity index (χ1) is 7.25. The van der Waals surface area contributed by atoms with Crippen LogP contribution < -0.4 is 5.73 Å². The fourth-order valence-electron chi connectivity index (χ4n) is 0.901. The number of amides is 1. The highest BCUT2D eigenvalue weighted by Gasteiger charge is 2.10. The van der Waals surface area contributed by atoms with Crippen LogP contribution in [0.25, 0.3) is 10.8 Å². The van der Waals surface area contributed by atoms with E-state index < -0.39 is 5.91 Å². The number of hydrogen-bond donors (Lipinski definition) is 1. The molecule has 2 aromatic rings. The number of nitrogens with zero attached hydrogens (tertiary/aromatic N) is 2. The molecule has 0 radical (unpaired) electrons. The lowest BCUT2D eigenvalue weighted by Gasteiger charge is -1.89. The van der Waals surface area contributed by atoms with Crippen molar-refractivity contribution < 1.29 is 9.21 Å². The Kier molecular flexibility index (Phi) is 3.02. The Morgan fingerprint density at radius 2 is 2.47 bits per heavy atom. The van der Waals surface area contributed by atoms with Crippen LogP contribution in [0.4, 0.5) is 0 Å². The van der Waals surface area contributed by atoms with Gasteiger partial charge in [0.25, 0.3) is 11.1 Å². The Labute approximate surface area is 93.7 Å². The molecule has 2 heterocycles. The van der Waals surface area contributed by atoms with Gasteiger partial charge in [-0.05, 0) is 11.4 Å². The van der Waals surface area contributed by atoms with Gasteiger partial charge in [0.15, 0.2) is 0 Å². The summed E-state index contributed by atoms with van der Waals surface area (Å²) in [6.45, 7) is 0. The number of aromatic nitrogens is 2. The van der Waals surface area contributed by atoms with Gasteiger partial charge in [0.05, 0.1) is 10.6 Å². The summed E-state index contributed by atoms with van der Waals surface area (Å²) in [5.74, 6) is 0.208. The van der Waals surface area contributed by atoms with Gasteiger partial charge in [-0.15, -0.1) is 21.5 Å². The zero-order chi connectivity index (χ0) is 10.7. The number of thioether (sulfide) groups is 1. The van der Waals surface area contributed by atoms with E-state index >= 15 is 0 Å². The van der Waals surface area contributed by atoms with Crippen LogP contribution in [-0.4, -0.2) is 21.9 Å². The van der Waals surface area contributed by atoms with Crippen LogP contribution in [0.5, 0.6) is 0 Å². The van der Waals surface area contributed by atoms with Crippen LogP contribution in [0.1, 0.15) is 0 Å². The zero-order valence-corrected chi connectivity index (χ0v) is 9.18. The van der Waals surface area contributed by atoms with Crippen LogP contribution >= 0.6 is 23.1 Å². The van der Waals surface area contributed by atoms with Gasteiger partial charge in [-0.25, -0.2) is 0 Å². The fourth-order valence-corrected chi connectivity index (χ4v) is 2.05. The van der Waals surface area contributed by atoms with E-state index in [0.717, 1.165) is 16.6 Å². The summed E-state index contributed by atoms with van der Waals surface area (Å²) < 4.78 is 5.32. The van der Waals surface area contributed by atoms with Crippen LogP contribution in [-0.2, 0) is 4.79 Å². The Balaban J connectivity index is 2.08. The summed E-state index contributed by atoms with van der Waals surface area (Å²) in [7, 11) is 0. The zero-order valence-electron chi connectivity index (χ0n) is 7.54. The van der Waals surface area contributed by atoms with Crippen molar-refractivity contribution in [2.45, 2.75) is 5.22 Å². The molecule has 0 atom stereocenters. The third-order valence-corrected chi connectivity index (χ3v) is 3.17. The first-order valence-electron chi connectivity index (χ1n) is 4.04. The predicted molar refractivity (Wildman–Crippen MR) is 57.5 cm³/mol. The second-order valence-corrected chi connectivity index (χ2v) is 4.48. The van der Waals surface area contributed by atoms with Crippen molar-refractivity contribution in [1.29, 1.82) is 0 Å². The number of rotatable bonds is 4. The monoisotopic (exact) mass is 241 g/mol. The highest BCUT2D eigenvalue weighted by atomic mass is 32.2. The summed E-state index contributed by atoms with van der Waals surface area (Å²) in [6.07, 6.45) is 0. The molecule has 2 rings (SSSR count). The first-order valence-corrected chi connectivity index (χ1v) is 5.91. The number of carbonyl (C=O) groups is 1. The number of nitrogens with two attached hydrogens (primary N) is 1. The average molecular weight is 241 g/mol. The van der Waals surface area contributed by atoms with Crippen molar-refractivity contribution >= 4 is 29.0 Å². The summed E-state index contributed by atoms with van der Waals surface area (Å²) in [5, 5.41) is 9.93. The fraction of sp³-hybridized carbons (Fsp3) is 0.125. The highest BCUT2D eigenvalue weighted by molar-refractivity contribution is 7.99. The van der Waals surface area contributed by atoms with Gasteiger partial charge in [0, 0.05) is 0 Å². The molecule has 2 aromatic heterocycles. The van der Waals surface area contributed by atoms with Crippen molar-refractivity contribution in [3.8, 4) is 10.8 Å². The molecule has 0 spiro atoms. The van der Waals surface area contributed by atoms with Crippen molar-refractivity contribution in [2.75, 3.05) is 5.75 Å². The summed E-state index contributed by atoms with van der Waals surface area (Å²) in [5.41, 5.74) is 4.99. The van der Waals surface area contributed by atoms with Gasteiger partial charge in [0.2, 0.25) is 5.91 Å². The number of thiophene rings is 1. The van der Waals surface area contributed by atoms with Gasteiger partial charge in [-0.1, -0.05) is 17.8 Å². The molecule has 0 aliphatic carbocycles. The van der Waals surface area contributed by atoms with Crippen molar-refractivity contribution in [1.82, 2.24) is 10.2 Å². The van der Waals surface area contributed by atoms with Crippen LogP contribution in [0, 0.1) is 0 Å². The third-order valence-electron chi connectivity index (χ3n) is 1.48. The average Bonchev–Trinajstić information content (AvgIpc) is 2.85. The number of carbonyl (C=O) groups excluding carboxylic acids is 1. The third kappa shape index (κ3) is 2.57. The van der Waals surface area contributed by atoms with E-state index in [1.165, 1.54) is 11.3 Å². The Hall–Kier alpha value is -1.34. The predicted octanol–water partition coefficient (Wildman–Crippen LogP) is 1.38. The smallest absolute Gasteiger partial charge is 0.277 e. The minimum Gasteiger partial charge on any atom is -0.410 e. The van der Waals surface area contributed by atoms with Crippen LogP contribution in [0.3, 0.4) is 0 Å². The van der Waals surface area contributed by atoms with Crippen molar-refractivity contribution in [2.24, 2.45) is 5.73 Å². The standard InChI is InChI=1S/C8H7N3O2S2/c9-6(12)4-15-8-11-10-7(13-8)5-2-1-3-14-5/h1-3H,4H2,(H2,9,12). The second kappa shape index (κ2) is 4.45. The topological polar surface area (TPSA) is 82.0 Å². The maximum atomic E-state index is 10.5. The highest BCUT2D eigenvalue weighted by Crippen LogP contribution is 2.26. The molecule has 7 heteroatoms. The molecule has 0 saturated heterocycles. The lowest BCUT2D eigenvalue weighted by atomic mass is 10.5. The quantitative estimate of drug-likeness (QED) is 0.817. The molecule has 0 fully saturated rings. The molecular formula is C8H7N3O2S2. The molecule has 78 valence electrons. The molecule has 0 saturated carbocycles. The summed E-state index contributed by atoms with van der Waals surface area (Å²) in [6, 6.07) is 3.79. The van der Waals surface area contributed by atoms with E-state index in [1.54, 1.807) is 0 Å². The molecule has 1 amide bonds. The van der Waals surface area contributed by atoms with Crippen molar-refractivity contribution in [3.05, 3.63) is 17.5 Å². The summed E-state index contributed by atoms with van der Waals surface area (Å²) in [4.78, 5) is 11.4. The largest absolute Gasteiger partial charge is 0.410 e. The molecule has 0 aliphatic rings. The Morgan fingerprint density at radius 3 is 3.13 bits per heavy atom. The molecular weight excluding hydrogens is 234 g/mol. The van der Waals surface area contributed by atoms with Crippen LogP contribution in [0.2, 0.25) is 0 Å². The molecule has 5 nitrogen and oxygen atoms in total. The molecule has 15 heavy (non-hydrogen) atoms. The molecule has 0 unspecified atom stereocenters. The van der Waals surface area contributed by atoms with Gasteiger partial charge >= 0.3 is 0 Å². The Morgan fingerprint density at radius 1 is 1.60 bits per heavy atom. The maximum Gasteiger partial charge on any atom is 0.277 e. The van der Waals surface area contributed by atoms with Gasteiger partial charge < -0.3 is 10.2 Å². The SMILES string of the molecule is NC(=O)CSc1nnc(-c2cccs2)o1. The van der Waals surface area contributed by atoms with E-state index in [-0.39, 0.29) is 5.75 Å². The lowest BCUT2D eigenvalue weighted by molar-refractivity contribution is -0.115. The minimum absolute atomic E-state index is 0.145. The molecule has 2 N–H and O–H groups in total. The lowest BCUT2D eigenvalue weighted by Crippen LogP contribution is -2.12. The second-order valence-electron chi connectivity index (χ2n) is 2.61. The van der Waals surface area contributed by atoms with Gasteiger partial charge in [0.1, 0.15) is 0 Å². The van der Waals surface area contributed by atoms with Gasteiger partial charge in [-0.3, -0.25) is 4.79 Å². The Bertz CT molecular complexity index is 452. The first kappa shape index (κ1) is 10.2. The summed E-state index contributed by atoms with van der Waals surface area (Å²) >= 11 is 2.65. The normalized spacial score (nSPS) is 10.4. The van der Waals surface area contributed by atoms with E-state index in [1.807, 2.05) is 17.5 Å². The number of hydrogen-bond acceptors (Lipinski definition) is 6. The van der Waals surface area contributed by atoms with E-state index in [9.17, 15) is 4.79 Å². The maximum absolute atomic E-state index is 10.5. The van der Waals surface area contributed by atoms with Crippen molar-refractivity contribution in [3.63, 3.8) is 0 Å². The van der Waals surface area contributed by atoms with E-state index in [2.05, 4.69) is 10.2 Å². The minimum atomic E-state index is -0.407. The van der Waals surface area contributed by atoms with E-state index in [0.29, 0.717) is 11.1 Å². The number of primary amides is 1.